The number of ether oxygens (including phenoxy) is 2. The van der Waals surface area contributed by atoms with Crippen molar-refractivity contribution in [2.45, 2.75) is 38.2 Å². The number of para-hydroxylation sites is 1. The summed E-state index contributed by atoms with van der Waals surface area (Å²) < 4.78 is 11.8. The summed E-state index contributed by atoms with van der Waals surface area (Å²) in [7, 11) is 3.78. The zero-order valence-corrected chi connectivity index (χ0v) is 13.6. The molecule has 0 aromatic heterocycles. The molecule has 1 N–H and O–H groups in total. The highest BCUT2D eigenvalue weighted by Crippen LogP contribution is 2.39. The first-order valence-electron chi connectivity index (χ1n) is 7.61. The lowest BCUT2D eigenvalue weighted by Gasteiger charge is -2.33. The van der Waals surface area contributed by atoms with E-state index in [0.717, 1.165) is 43.0 Å². The number of hydrogen-bond acceptors (Lipinski definition) is 4. The molecule has 0 aliphatic carbocycles. The Kier molecular flexibility index (Phi) is 5.12. The van der Waals surface area contributed by atoms with Gasteiger partial charge in [-0.05, 0) is 32.5 Å². The van der Waals surface area contributed by atoms with Crippen LogP contribution in [0.3, 0.4) is 0 Å². The third-order valence-corrected chi connectivity index (χ3v) is 4.19. The number of likely N-dealkylation sites (N-methyl/N-ethyl adjacent to an activating group) is 1. The van der Waals surface area contributed by atoms with Crippen molar-refractivity contribution in [3.63, 3.8) is 0 Å². The van der Waals surface area contributed by atoms with Crippen LogP contribution in [-0.2, 0) is 5.41 Å². The molecule has 0 saturated carbocycles. The van der Waals surface area contributed by atoms with Gasteiger partial charge in [-0.2, -0.15) is 0 Å². The molecule has 0 spiro atoms. The van der Waals surface area contributed by atoms with Crippen LogP contribution in [0.2, 0.25) is 0 Å². The molecule has 0 bridgehead atoms. The molecule has 1 heterocycles. The summed E-state index contributed by atoms with van der Waals surface area (Å²) in [5.41, 5.74) is 0.641. The molecule has 0 amide bonds. The fourth-order valence-electron chi connectivity index (χ4n) is 2.80. The Bertz CT molecular complexity index is 473. The number of likely N-dealkylation sites (tertiary alicyclic amines) is 1. The van der Waals surface area contributed by atoms with Crippen LogP contribution in [0.4, 0.5) is 0 Å². The van der Waals surface area contributed by atoms with E-state index >= 15 is 0 Å². The minimum absolute atomic E-state index is 0.0705. The molecule has 1 fully saturated rings. The van der Waals surface area contributed by atoms with Crippen LogP contribution >= 0.6 is 0 Å². The summed E-state index contributed by atoms with van der Waals surface area (Å²) in [6.45, 7) is 6.15. The van der Waals surface area contributed by atoms with Crippen molar-refractivity contribution in [2.75, 3.05) is 33.9 Å². The molecule has 1 unspecified atom stereocenters. The van der Waals surface area contributed by atoms with E-state index in [2.05, 4.69) is 11.9 Å². The van der Waals surface area contributed by atoms with E-state index in [-0.39, 0.29) is 18.1 Å². The van der Waals surface area contributed by atoms with Gasteiger partial charge < -0.3 is 19.5 Å². The van der Waals surface area contributed by atoms with E-state index in [9.17, 15) is 5.11 Å². The molecular weight excluding hydrogens is 266 g/mol. The van der Waals surface area contributed by atoms with Crippen molar-refractivity contribution in [3.8, 4) is 11.5 Å². The maximum absolute atomic E-state index is 9.68. The number of piperidine rings is 1. The number of aliphatic hydroxyl groups is 1. The molecule has 1 saturated heterocycles. The lowest BCUT2D eigenvalue weighted by Crippen LogP contribution is -2.39. The summed E-state index contributed by atoms with van der Waals surface area (Å²) in [5, 5.41) is 9.68. The smallest absolute Gasteiger partial charge is 0.165 e. The number of rotatable bonds is 5. The van der Waals surface area contributed by atoms with Gasteiger partial charge in [0.05, 0.1) is 13.7 Å². The number of methoxy groups -OCH3 is 1. The first-order valence-corrected chi connectivity index (χ1v) is 7.61. The lowest BCUT2D eigenvalue weighted by molar-refractivity contribution is 0.0977. The molecule has 4 heteroatoms. The van der Waals surface area contributed by atoms with E-state index in [1.54, 1.807) is 7.11 Å². The van der Waals surface area contributed by atoms with Gasteiger partial charge in [0.25, 0.3) is 0 Å². The second kappa shape index (κ2) is 6.67. The van der Waals surface area contributed by atoms with Gasteiger partial charge in [-0.25, -0.2) is 0 Å². The van der Waals surface area contributed by atoms with Gasteiger partial charge in [0.15, 0.2) is 11.5 Å². The predicted molar refractivity (Wildman–Crippen MR) is 84.3 cm³/mol. The lowest BCUT2D eigenvalue weighted by atomic mass is 9.84. The molecule has 1 aliphatic rings. The molecule has 1 aromatic carbocycles. The van der Waals surface area contributed by atoms with Crippen molar-refractivity contribution in [2.24, 2.45) is 0 Å². The van der Waals surface area contributed by atoms with E-state index < -0.39 is 0 Å². The van der Waals surface area contributed by atoms with Crippen LogP contribution in [0, 0.1) is 0 Å². The maximum Gasteiger partial charge on any atom is 0.165 e. The first-order chi connectivity index (χ1) is 9.97. The summed E-state index contributed by atoms with van der Waals surface area (Å²) in [6.07, 6.45) is 2.38. The molecule has 1 aromatic rings. The van der Waals surface area contributed by atoms with Crippen LogP contribution in [0.1, 0.15) is 32.3 Å². The van der Waals surface area contributed by atoms with Crippen molar-refractivity contribution in [1.82, 2.24) is 4.90 Å². The predicted octanol–water partition coefficient (Wildman–Crippen LogP) is 2.44. The highest BCUT2D eigenvalue weighted by Gasteiger charge is 2.28. The monoisotopic (exact) mass is 293 g/mol. The maximum atomic E-state index is 9.68. The van der Waals surface area contributed by atoms with Gasteiger partial charge in [0.1, 0.15) is 6.10 Å². The normalized spacial score (nSPS) is 20.3. The summed E-state index contributed by atoms with van der Waals surface area (Å²) >= 11 is 0. The van der Waals surface area contributed by atoms with E-state index in [0.29, 0.717) is 0 Å². The Labute approximate surface area is 127 Å². The fraction of sp³-hybridized carbons (Fsp3) is 0.647. The zero-order chi connectivity index (χ0) is 15.5. The zero-order valence-electron chi connectivity index (χ0n) is 13.6. The standard InChI is InChI=1S/C17H27NO3/c1-17(2,12-19)14-8-5-9-15(20-4)16(14)21-13-7-6-10-18(3)11-13/h5,8-9,13,19H,6-7,10-12H2,1-4H3. The fourth-order valence-corrected chi connectivity index (χ4v) is 2.80. The molecule has 2 rings (SSSR count). The minimum atomic E-state index is -0.357. The van der Waals surface area contributed by atoms with Gasteiger partial charge >= 0.3 is 0 Å². The average Bonchev–Trinajstić information content (AvgIpc) is 2.47. The van der Waals surface area contributed by atoms with Crippen molar-refractivity contribution in [1.29, 1.82) is 0 Å². The second-order valence-electron chi connectivity index (χ2n) is 6.52. The van der Waals surface area contributed by atoms with Crippen LogP contribution in [0.5, 0.6) is 11.5 Å². The highest BCUT2D eigenvalue weighted by atomic mass is 16.5. The van der Waals surface area contributed by atoms with Crippen LogP contribution in [-0.4, -0.2) is 50.0 Å². The number of nitrogens with zero attached hydrogens (tertiary/aromatic N) is 1. The third kappa shape index (κ3) is 3.69. The SMILES string of the molecule is COc1cccc(C(C)(C)CO)c1OC1CCCN(C)C1. The Morgan fingerprint density at radius 1 is 1.38 bits per heavy atom. The van der Waals surface area contributed by atoms with Gasteiger partial charge in [-0.15, -0.1) is 0 Å². The largest absolute Gasteiger partial charge is 0.493 e. The summed E-state index contributed by atoms with van der Waals surface area (Å²) in [5.74, 6) is 1.52. The van der Waals surface area contributed by atoms with Crippen LogP contribution in [0.15, 0.2) is 18.2 Å². The Hall–Kier alpha value is -1.26. The summed E-state index contributed by atoms with van der Waals surface area (Å²) in [6, 6.07) is 5.88. The van der Waals surface area contributed by atoms with Crippen molar-refractivity contribution in [3.05, 3.63) is 23.8 Å². The van der Waals surface area contributed by atoms with Crippen LogP contribution in [0.25, 0.3) is 0 Å². The summed E-state index contributed by atoms with van der Waals surface area (Å²) in [4.78, 5) is 2.29. The topological polar surface area (TPSA) is 41.9 Å². The molecular formula is C17H27NO3. The van der Waals surface area contributed by atoms with Gasteiger partial charge in [-0.1, -0.05) is 26.0 Å². The van der Waals surface area contributed by atoms with E-state index in [1.165, 1.54) is 0 Å². The van der Waals surface area contributed by atoms with Gasteiger partial charge in [0.2, 0.25) is 0 Å². The Morgan fingerprint density at radius 2 is 2.14 bits per heavy atom. The first kappa shape index (κ1) is 16.1. The molecule has 4 nitrogen and oxygen atoms in total. The minimum Gasteiger partial charge on any atom is -0.493 e. The van der Waals surface area contributed by atoms with Crippen LogP contribution < -0.4 is 9.47 Å². The molecule has 1 aliphatic heterocycles. The number of benzene rings is 1. The van der Waals surface area contributed by atoms with Gasteiger partial charge in [-0.3, -0.25) is 0 Å². The molecule has 21 heavy (non-hydrogen) atoms. The van der Waals surface area contributed by atoms with Gasteiger partial charge in [0, 0.05) is 17.5 Å². The van der Waals surface area contributed by atoms with E-state index in [4.69, 9.17) is 9.47 Å². The number of hydrogen-bond donors (Lipinski definition) is 1. The van der Waals surface area contributed by atoms with Crippen molar-refractivity contribution < 1.29 is 14.6 Å². The van der Waals surface area contributed by atoms with E-state index in [1.807, 2.05) is 32.0 Å². The highest BCUT2D eigenvalue weighted by molar-refractivity contribution is 5.50. The Morgan fingerprint density at radius 3 is 2.76 bits per heavy atom. The second-order valence-corrected chi connectivity index (χ2v) is 6.52. The molecule has 0 radical (unpaired) electrons. The Balaban J connectivity index is 2.31. The number of aliphatic hydroxyl groups excluding tert-OH is 1. The molecule has 118 valence electrons. The molecule has 1 atom stereocenters. The van der Waals surface area contributed by atoms with Crippen molar-refractivity contribution >= 4 is 0 Å². The third-order valence-electron chi connectivity index (χ3n) is 4.19. The average molecular weight is 293 g/mol. The quantitative estimate of drug-likeness (QED) is 0.905.